The molecule has 3 nitrogen and oxygen atoms in total. The summed E-state index contributed by atoms with van der Waals surface area (Å²) in [4.78, 5) is 4.30. The minimum absolute atomic E-state index is 0.281. The van der Waals surface area contributed by atoms with E-state index in [9.17, 15) is 5.11 Å². The predicted molar refractivity (Wildman–Crippen MR) is 68.2 cm³/mol. The van der Waals surface area contributed by atoms with Crippen molar-refractivity contribution in [2.75, 3.05) is 6.61 Å². The van der Waals surface area contributed by atoms with E-state index in [0.717, 1.165) is 10.9 Å². The molecule has 1 aromatic carbocycles. The number of pyridine rings is 1. The van der Waals surface area contributed by atoms with Crippen LogP contribution in [0.25, 0.3) is 10.9 Å². The highest BCUT2D eigenvalue weighted by Crippen LogP contribution is 2.19. The van der Waals surface area contributed by atoms with Gasteiger partial charge in [0.05, 0.1) is 17.3 Å². The zero-order valence-corrected chi connectivity index (χ0v) is 10.2. The van der Waals surface area contributed by atoms with Crippen LogP contribution in [0.5, 0.6) is 5.75 Å². The fourth-order valence-electron chi connectivity index (χ4n) is 1.47. The van der Waals surface area contributed by atoms with E-state index in [1.807, 2.05) is 37.3 Å². The summed E-state index contributed by atoms with van der Waals surface area (Å²) in [7, 11) is 0. The number of nitrogens with zero attached hydrogens (tertiary/aromatic N) is 1. The quantitative estimate of drug-likeness (QED) is 0.879. The van der Waals surface area contributed by atoms with Crippen molar-refractivity contribution in [1.82, 2.24) is 4.98 Å². The van der Waals surface area contributed by atoms with E-state index in [1.54, 1.807) is 13.1 Å². The molecular formula is C14H17NO2. The monoisotopic (exact) mass is 231 g/mol. The Balaban J connectivity index is 2.14. The third kappa shape index (κ3) is 2.94. The van der Waals surface area contributed by atoms with Crippen molar-refractivity contribution in [3.63, 3.8) is 0 Å². The highest BCUT2D eigenvalue weighted by Gasteiger charge is 2.18. The first-order chi connectivity index (χ1) is 8.11. The molecule has 1 aromatic heterocycles. The first-order valence-electron chi connectivity index (χ1n) is 5.81. The SMILES string of the molecule is CCC(C)(O)COc1cnc2ccccc2c1. The molecule has 3 heteroatoms. The van der Waals surface area contributed by atoms with Crippen LogP contribution in [0.4, 0.5) is 0 Å². The smallest absolute Gasteiger partial charge is 0.138 e. The Morgan fingerprint density at radius 1 is 1.35 bits per heavy atom. The summed E-state index contributed by atoms with van der Waals surface area (Å²) >= 11 is 0. The molecule has 0 saturated carbocycles. The Morgan fingerprint density at radius 3 is 2.88 bits per heavy atom. The third-order valence-electron chi connectivity index (χ3n) is 2.88. The van der Waals surface area contributed by atoms with Crippen LogP contribution in [0.3, 0.4) is 0 Å². The fraction of sp³-hybridized carbons (Fsp3) is 0.357. The molecule has 2 rings (SSSR count). The Morgan fingerprint density at radius 2 is 2.12 bits per heavy atom. The lowest BCUT2D eigenvalue weighted by Crippen LogP contribution is -2.31. The highest BCUT2D eigenvalue weighted by molar-refractivity contribution is 5.79. The summed E-state index contributed by atoms with van der Waals surface area (Å²) in [6.07, 6.45) is 2.35. The second-order valence-electron chi connectivity index (χ2n) is 4.50. The highest BCUT2D eigenvalue weighted by atomic mass is 16.5. The van der Waals surface area contributed by atoms with E-state index >= 15 is 0 Å². The zero-order chi connectivity index (χ0) is 12.3. The number of benzene rings is 1. The molecule has 0 spiro atoms. The van der Waals surface area contributed by atoms with E-state index in [4.69, 9.17) is 4.74 Å². The van der Waals surface area contributed by atoms with Gasteiger partial charge in [-0.2, -0.15) is 0 Å². The van der Waals surface area contributed by atoms with Gasteiger partial charge in [0.25, 0.3) is 0 Å². The van der Waals surface area contributed by atoms with Crippen molar-refractivity contribution in [2.24, 2.45) is 0 Å². The Hall–Kier alpha value is -1.61. The largest absolute Gasteiger partial charge is 0.489 e. The van der Waals surface area contributed by atoms with Crippen molar-refractivity contribution in [2.45, 2.75) is 25.9 Å². The van der Waals surface area contributed by atoms with Crippen molar-refractivity contribution in [1.29, 1.82) is 0 Å². The van der Waals surface area contributed by atoms with Crippen LogP contribution < -0.4 is 4.74 Å². The van der Waals surface area contributed by atoms with Gasteiger partial charge in [0.1, 0.15) is 12.4 Å². The molecule has 0 bridgehead atoms. The van der Waals surface area contributed by atoms with Crippen LogP contribution in [-0.2, 0) is 0 Å². The number of aromatic nitrogens is 1. The van der Waals surface area contributed by atoms with Crippen LogP contribution in [0.1, 0.15) is 20.3 Å². The van der Waals surface area contributed by atoms with Crippen LogP contribution >= 0.6 is 0 Å². The third-order valence-corrected chi connectivity index (χ3v) is 2.88. The minimum Gasteiger partial charge on any atom is -0.489 e. The predicted octanol–water partition coefficient (Wildman–Crippen LogP) is 2.77. The van der Waals surface area contributed by atoms with E-state index < -0.39 is 5.60 Å². The Bertz CT molecular complexity index is 508. The number of aliphatic hydroxyl groups is 1. The number of hydrogen-bond acceptors (Lipinski definition) is 3. The molecule has 1 atom stereocenters. The lowest BCUT2D eigenvalue weighted by molar-refractivity contribution is 0.00841. The number of ether oxygens (including phenoxy) is 1. The summed E-state index contributed by atoms with van der Waals surface area (Å²) < 4.78 is 5.56. The van der Waals surface area contributed by atoms with Gasteiger partial charge in [-0.3, -0.25) is 4.98 Å². The lowest BCUT2D eigenvalue weighted by Gasteiger charge is -2.21. The minimum atomic E-state index is -0.786. The molecule has 0 aliphatic carbocycles. The molecule has 0 amide bonds. The molecule has 1 unspecified atom stereocenters. The van der Waals surface area contributed by atoms with Gasteiger partial charge < -0.3 is 9.84 Å². The van der Waals surface area contributed by atoms with Gasteiger partial charge in [0.2, 0.25) is 0 Å². The van der Waals surface area contributed by atoms with Gasteiger partial charge in [-0.25, -0.2) is 0 Å². The van der Waals surface area contributed by atoms with E-state index in [-0.39, 0.29) is 6.61 Å². The molecule has 0 radical (unpaired) electrons. The topological polar surface area (TPSA) is 42.4 Å². The maximum absolute atomic E-state index is 9.85. The molecule has 17 heavy (non-hydrogen) atoms. The molecule has 1 heterocycles. The van der Waals surface area contributed by atoms with E-state index in [0.29, 0.717) is 12.2 Å². The van der Waals surface area contributed by atoms with Gasteiger partial charge in [-0.1, -0.05) is 25.1 Å². The molecule has 0 aliphatic rings. The van der Waals surface area contributed by atoms with Crippen molar-refractivity contribution >= 4 is 10.9 Å². The molecule has 1 N–H and O–H groups in total. The lowest BCUT2D eigenvalue weighted by atomic mass is 10.1. The molecule has 0 fully saturated rings. The normalized spacial score (nSPS) is 14.5. The van der Waals surface area contributed by atoms with Gasteiger partial charge >= 0.3 is 0 Å². The average molecular weight is 231 g/mol. The summed E-state index contributed by atoms with van der Waals surface area (Å²) in [6, 6.07) is 9.82. The molecule has 0 saturated heterocycles. The van der Waals surface area contributed by atoms with Gasteiger partial charge in [0, 0.05) is 5.39 Å². The summed E-state index contributed by atoms with van der Waals surface area (Å²) in [5.74, 6) is 0.692. The maximum Gasteiger partial charge on any atom is 0.138 e. The van der Waals surface area contributed by atoms with Crippen LogP contribution in [0.15, 0.2) is 36.5 Å². The Labute approximate surface area is 101 Å². The zero-order valence-electron chi connectivity index (χ0n) is 10.2. The fourth-order valence-corrected chi connectivity index (χ4v) is 1.47. The first kappa shape index (κ1) is 11.9. The summed E-state index contributed by atoms with van der Waals surface area (Å²) in [5.41, 5.74) is 0.160. The number of para-hydroxylation sites is 1. The second-order valence-corrected chi connectivity index (χ2v) is 4.50. The number of hydrogen-bond donors (Lipinski definition) is 1. The van der Waals surface area contributed by atoms with Crippen molar-refractivity contribution in [3.05, 3.63) is 36.5 Å². The Kier molecular flexibility index (Phi) is 3.29. The second kappa shape index (κ2) is 4.72. The number of rotatable bonds is 4. The molecular weight excluding hydrogens is 214 g/mol. The number of fused-ring (bicyclic) bond motifs is 1. The van der Waals surface area contributed by atoms with E-state index in [1.165, 1.54) is 0 Å². The first-order valence-corrected chi connectivity index (χ1v) is 5.81. The van der Waals surface area contributed by atoms with Gasteiger partial charge in [0.15, 0.2) is 0 Å². The van der Waals surface area contributed by atoms with Crippen LogP contribution in [0.2, 0.25) is 0 Å². The standard InChI is InChI=1S/C14H17NO2/c1-3-14(2,16)10-17-12-8-11-6-4-5-7-13(11)15-9-12/h4-9,16H,3,10H2,1-2H3. The van der Waals surface area contributed by atoms with Crippen molar-refractivity contribution < 1.29 is 9.84 Å². The molecule has 2 aromatic rings. The van der Waals surface area contributed by atoms with E-state index in [2.05, 4.69) is 4.98 Å². The van der Waals surface area contributed by atoms with Crippen LogP contribution in [0, 0.1) is 0 Å². The summed E-state index contributed by atoms with van der Waals surface area (Å²) in [6.45, 7) is 3.98. The molecule has 0 aliphatic heterocycles. The van der Waals surface area contributed by atoms with Crippen LogP contribution in [-0.4, -0.2) is 22.3 Å². The average Bonchev–Trinajstić information content (AvgIpc) is 2.36. The summed E-state index contributed by atoms with van der Waals surface area (Å²) in [5, 5.41) is 10.9. The van der Waals surface area contributed by atoms with Gasteiger partial charge in [-0.05, 0) is 25.5 Å². The molecule has 90 valence electrons. The maximum atomic E-state index is 9.85. The van der Waals surface area contributed by atoms with Crippen molar-refractivity contribution in [3.8, 4) is 5.75 Å². The van der Waals surface area contributed by atoms with Gasteiger partial charge in [-0.15, -0.1) is 0 Å².